The molecule has 0 unspecified atom stereocenters. The Morgan fingerprint density at radius 2 is 1.95 bits per heavy atom. The van der Waals surface area contributed by atoms with E-state index in [1.807, 2.05) is 6.92 Å². The van der Waals surface area contributed by atoms with E-state index in [2.05, 4.69) is 26.2 Å². The van der Waals surface area contributed by atoms with Crippen molar-refractivity contribution in [2.45, 2.75) is 19.6 Å². The molecule has 1 N–H and O–H groups in total. The molecule has 0 saturated heterocycles. The van der Waals surface area contributed by atoms with Crippen molar-refractivity contribution in [3.8, 4) is 0 Å². The third kappa shape index (κ3) is 3.50. The molecule has 2 rings (SSSR count). The van der Waals surface area contributed by atoms with E-state index in [0.717, 1.165) is 16.1 Å². The van der Waals surface area contributed by atoms with Gasteiger partial charge in [-0.05, 0) is 46.1 Å². The third-order valence-corrected chi connectivity index (χ3v) is 3.66. The number of rotatable bonds is 3. The fourth-order valence-corrected chi connectivity index (χ4v) is 1.99. The van der Waals surface area contributed by atoms with Crippen LogP contribution in [0.4, 0.5) is 19.0 Å². The van der Waals surface area contributed by atoms with Gasteiger partial charge in [-0.3, -0.25) is 0 Å². The Balaban J connectivity index is 2.17. The van der Waals surface area contributed by atoms with E-state index in [-0.39, 0.29) is 12.1 Å². The molecule has 0 bridgehead atoms. The van der Waals surface area contributed by atoms with Crippen LogP contribution in [-0.2, 0) is 12.7 Å². The second-order valence-corrected chi connectivity index (χ2v) is 5.18. The average molecular weight is 345 g/mol. The van der Waals surface area contributed by atoms with Crippen molar-refractivity contribution in [2.75, 3.05) is 5.32 Å². The summed E-state index contributed by atoms with van der Waals surface area (Å²) < 4.78 is 39.4. The molecule has 1 aromatic carbocycles. The first kappa shape index (κ1) is 14.8. The number of pyridine rings is 1. The third-order valence-electron chi connectivity index (χ3n) is 2.83. The van der Waals surface area contributed by atoms with Crippen LogP contribution in [0.25, 0.3) is 0 Å². The zero-order valence-corrected chi connectivity index (χ0v) is 12.2. The van der Waals surface area contributed by atoms with E-state index in [9.17, 15) is 13.2 Å². The Labute approximate surface area is 123 Å². The number of aromatic nitrogens is 1. The SMILES string of the molecule is Cc1cc(NCc2ccccc2C(F)(F)F)ncc1Br. The fourth-order valence-electron chi connectivity index (χ4n) is 1.77. The molecule has 0 spiro atoms. The molecule has 1 aromatic heterocycles. The van der Waals surface area contributed by atoms with Gasteiger partial charge < -0.3 is 5.32 Å². The first-order valence-electron chi connectivity index (χ1n) is 5.89. The number of hydrogen-bond acceptors (Lipinski definition) is 2. The molecule has 0 aliphatic carbocycles. The van der Waals surface area contributed by atoms with Crippen molar-refractivity contribution < 1.29 is 13.2 Å². The standard InChI is InChI=1S/C14H12BrF3N2/c1-9-6-13(20-8-12(9)15)19-7-10-4-2-3-5-11(10)14(16,17)18/h2-6,8H,7H2,1H3,(H,19,20). The minimum absolute atomic E-state index is 0.0732. The van der Waals surface area contributed by atoms with Gasteiger partial charge in [0.05, 0.1) is 5.56 Å². The second kappa shape index (κ2) is 5.83. The van der Waals surface area contributed by atoms with Crippen LogP contribution in [0.1, 0.15) is 16.7 Å². The highest BCUT2D eigenvalue weighted by Gasteiger charge is 2.32. The highest BCUT2D eigenvalue weighted by atomic mass is 79.9. The van der Waals surface area contributed by atoms with Gasteiger partial charge in [0.1, 0.15) is 5.82 Å². The monoisotopic (exact) mass is 344 g/mol. The first-order valence-corrected chi connectivity index (χ1v) is 6.68. The molecular weight excluding hydrogens is 333 g/mol. The summed E-state index contributed by atoms with van der Waals surface area (Å²) in [4.78, 5) is 4.11. The summed E-state index contributed by atoms with van der Waals surface area (Å²) in [6.07, 6.45) is -2.73. The van der Waals surface area contributed by atoms with Crippen molar-refractivity contribution in [3.05, 3.63) is 57.7 Å². The van der Waals surface area contributed by atoms with Crippen LogP contribution >= 0.6 is 15.9 Å². The van der Waals surface area contributed by atoms with Gasteiger partial charge in [0, 0.05) is 17.2 Å². The van der Waals surface area contributed by atoms with Crippen LogP contribution < -0.4 is 5.32 Å². The number of anilines is 1. The van der Waals surface area contributed by atoms with Gasteiger partial charge in [0.25, 0.3) is 0 Å². The largest absolute Gasteiger partial charge is 0.416 e. The van der Waals surface area contributed by atoms with Crippen LogP contribution in [0.15, 0.2) is 41.0 Å². The highest BCUT2D eigenvalue weighted by molar-refractivity contribution is 9.10. The summed E-state index contributed by atoms with van der Waals surface area (Å²) in [5.74, 6) is 0.544. The maximum Gasteiger partial charge on any atom is 0.416 e. The minimum atomic E-state index is -4.35. The molecule has 0 aliphatic rings. The Morgan fingerprint density at radius 3 is 2.60 bits per heavy atom. The molecular formula is C14H12BrF3N2. The lowest BCUT2D eigenvalue weighted by molar-refractivity contribution is -0.138. The molecule has 0 atom stereocenters. The summed E-state index contributed by atoms with van der Waals surface area (Å²) in [5.41, 5.74) is 0.537. The summed E-state index contributed by atoms with van der Waals surface area (Å²) in [5, 5.41) is 2.91. The number of nitrogens with zero attached hydrogens (tertiary/aromatic N) is 1. The van der Waals surface area contributed by atoms with E-state index in [1.54, 1.807) is 18.3 Å². The zero-order valence-electron chi connectivity index (χ0n) is 10.6. The lowest BCUT2D eigenvalue weighted by Crippen LogP contribution is -2.12. The molecule has 0 amide bonds. The smallest absolute Gasteiger partial charge is 0.366 e. The van der Waals surface area contributed by atoms with Crippen molar-refractivity contribution in [1.29, 1.82) is 0 Å². The molecule has 20 heavy (non-hydrogen) atoms. The summed E-state index contributed by atoms with van der Waals surface area (Å²) in [6.45, 7) is 1.96. The average Bonchev–Trinajstić information content (AvgIpc) is 2.39. The fraction of sp³-hybridized carbons (Fsp3) is 0.214. The van der Waals surface area contributed by atoms with Gasteiger partial charge in [-0.15, -0.1) is 0 Å². The van der Waals surface area contributed by atoms with E-state index in [0.29, 0.717) is 5.82 Å². The van der Waals surface area contributed by atoms with Crippen LogP contribution in [0.5, 0.6) is 0 Å². The van der Waals surface area contributed by atoms with E-state index in [1.165, 1.54) is 12.1 Å². The number of aryl methyl sites for hydroxylation is 1. The summed E-state index contributed by atoms with van der Waals surface area (Å²) in [6, 6.07) is 7.29. The van der Waals surface area contributed by atoms with Crippen LogP contribution in [0, 0.1) is 6.92 Å². The number of halogens is 4. The summed E-state index contributed by atoms with van der Waals surface area (Å²) >= 11 is 3.32. The van der Waals surface area contributed by atoms with Gasteiger partial charge in [-0.2, -0.15) is 13.2 Å². The van der Waals surface area contributed by atoms with Crippen LogP contribution in [0.2, 0.25) is 0 Å². The maximum atomic E-state index is 12.8. The van der Waals surface area contributed by atoms with Gasteiger partial charge in [0.15, 0.2) is 0 Å². The zero-order chi connectivity index (χ0) is 14.8. The van der Waals surface area contributed by atoms with Crippen molar-refractivity contribution in [1.82, 2.24) is 4.98 Å². The number of nitrogens with one attached hydrogen (secondary N) is 1. The summed E-state index contributed by atoms with van der Waals surface area (Å²) in [7, 11) is 0. The van der Waals surface area contributed by atoms with Crippen LogP contribution in [0.3, 0.4) is 0 Å². The number of hydrogen-bond donors (Lipinski definition) is 1. The predicted octanol–water partition coefficient (Wildman–Crippen LogP) is 4.78. The van der Waals surface area contributed by atoms with Gasteiger partial charge in [-0.1, -0.05) is 18.2 Å². The molecule has 0 fully saturated rings. The lowest BCUT2D eigenvalue weighted by atomic mass is 10.1. The predicted molar refractivity (Wildman–Crippen MR) is 75.4 cm³/mol. The quantitative estimate of drug-likeness (QED) is 0.866. The Hall–Kier alpha value is -1.56. The topological polar surface area (TPSA) is 24.9 Å². The van der Waals surface area contributed by atoms with Gasteiger partial charge in [-0.25, -0.2) is 4.98 Å². The number of alkyl halides is 3. The van der Waals surface area contributed by atoms with E-state index < -0.39 is 11.7 Å². The van der Waals surface area contributed by atoms with E-state index >= 15 is 0 Å². The second-order valence-electron chi connectivity index (χ2n) is 4.33. The Morgan fingerprint density at radius 1 is 1.25 bits per heavy atom. The van der Waals surface area contributed by atoms with Gasteiger partial charge in [0.2, 0.25) is 0 Å². The van der Waals surface area contributed by atoms with Crippen molar-refractivity contribution in [3.63, 3.8) is 0 Å². The number of benzene rings is 1. The Kier molecular flexibility index (Phi) is 4.32. The van der Waals surface area contributed by atoms with Crippen LogP contribution in [-0.4, -0.2) is 4.98 Å². The molecule has 0 aliphatic heterocycles. The molecule has 2 nitrogen and oxygen atoms in total. The molecule has 6 heteroatoms. The normalized spacial score (nSPS) is 11.4. The Bertz CT molecular complexity index is 612. The molecule has 106 valence electrons. The molecule has 0 saturated carbocycles. The maximum absolute atomic E-state index is 12.8. The molecule has 1 heterocycles. The van der Waals surface area contributed by atoms with Crippen molar-refractivity contribution in [2.24, 2.45) is 0 Å². The molecule has 0 radical (unpaired) electrons. The highest BCUT2D eigenvalue weighted by Crippen LogP contribution is 2.32. The first-order chi connectivity index (χ1) is 9.38. The minimum Gasteiger partial charge on any atom is -0.366 e. The van der Waals surface area contributed by atoms with Gasteiger partial charge >= 0.3 is 6.18 Å². The van der Waals surface area contributed by atoms with E-state index in [4.69, 9.17) is 0 Å². The molecule has 2 aromatic rings. The van der Waals surface area contributed by atoms with Crippen molar-refractivity contribution >= 4 is 21.7 Å². The lowest BCUT2D eigenvalue weighted by Gasteiger charge is -2.13.